The van der Waals surface area contributed by atoms with Gasteiger partial charge in [0.15, 0.2) is 5.60 Å². The number of pyridine rings is 1. The first-order valence-electron chi connectivity index (χ1n) is 9.80. The number of hydrogen-bond donors (Lipinski definition) is 0. The van der Waals surface area contributed by atoms with Crippen molar-refractivity contribution < 1.29 is 13.9 Å². The highest BCUT2D eigenvalue weighted by Crippen LogP contribution is 2.49. The van der Waals surface area contributed by atoms with Crippen LogP contribution in [-0.4, -0.2) is 4.98 Å². The largest absolute Gasteiger partial charge is 0.487 e. The molecule has 1 aliphatic heterocycles. The van der Waals surface area contributed by atoms with Crippen molar-refractivity contribution in [2.45, 2.75) is 24.7 Å². The van der Waals surface area contributed by atoms with Gasteiger partial charge in [0.1, 0.15) is 18.1 Å². The van der Waals surface area contributed by atoms with Crippen LogP contribution in [0.15, 0.2) is 89.7 Å². The second kappa shape index (κ2) is 7.98. The van der Waals surface area contributed by atoms with Gasteiger partial charge in [-0.15, -0.1) is 11.6 Å². The normalized spacial score (nSPS) is 17.6. The van der Waals surface area contributed by atoms with Crippen LogP contribution in [0.25, 0.3) is 0 Å². The van der Waals surface area contributed by atoms with Crippen LogP contribution in [0, 0.1) is 0 Å². The lowest BCUT2D eigenvalue weighted by atomic mass is 9.84. The molecule has 0 fully saturated rings. The van der Waals surface area contributed by atoms with Crippen LogP contribution in [0.1, 0.15) is 33.7 Å². The zero-order chi connectivity index (χ0) is 20.4. The number of nitrogens with zero attached hydrogens (tertiary/aromatic N) is 1. The molecule has 5 heteroatoms. The predicted molar refractivity (Wildman–Crippen MR) is 114 cm³/mol. The van der Waals surface area contributed by atoms with E-state index in [1.807, 2.05) is 79.0 Å². The third kappa shape index (κ3) is 3.09. The molecule has 0 N–H and O–H groups in total. The summed E-state index contributed by atoms with van der Waals surface area (Å²) >= 11 is 6.20. The Bertz CT molecular complexity index is 1130. The summed E-state index contributed by atoms with van der Waals surface area (Å²) in [6.07, 6.45) is 3.50. The zero-order valence-electron chi connectivity index (χ0n) is 16.3. The van der Waals surface area contributed by atoms with Gasteiger partial charge in [-0.3, -0.25) is 4.98 Å². The van der Waals surface area contributed by atoms with E-state index < -0.39 is 5.60 Å². The molecule has 1 aliphatic rings. The molecule has 1 unspecified atom stereocenters. The minimum atomic E-state index is -0.872. The van der Waals surface area contributed by atoms with Crippen molar-refractivity contribution in [3.05, 3.63) is 119 Å². The van der Waals surface area contributed by atoms with Crippen LogP contribution in [0.5, 0.6) is 5.75 Å². The van der Waals surface area contributed by atoms with Crippen LogP contribution in [0.4, 0.5) is 0 Å². The Kier molecular flexibility index (Phi) is 5.03. The average molecular weight is 418 g/mol. The molecule has 0 saturated carbocycles. The number of aromatic nitrogens is 1. The molecule has 3 heterocycles. The van der Waals surface area contributed by atoms with Gasteiger partial charge in [-0.25, -0.2) is 0 Å². The molecule has 4 nitrogen and oxygen atoms in total. The molecule has 1 atom stereocenters. The summed E-state index contributed by atoms with van der Waals surface area (Å²) in [5.74, 6) is 1.66. The number of halogens is 1. The van der Waals surface area contributed by atoms with Gasteiger partial charge in [-0.2, -0.15) is 0 Å². The van der Waals surface area contributed by atoms with Crippen molar-refractivity contribution in [2.24, 2.45) is 0 Å². The number of benzene rings is 2. The summed E-state index contributed by atoms with van der Waals surface area (Å²) < 4.78 is 18.6. The van der Waals surface area contributed by atoms with Gasteiger partial charge in [0.05, 0.1) is 24.4 Å². The first kappa shape index (κ1) is 18.9. The van der Waals surface area contributed by atoms with Gasteiger partial charge in [0.25, 0.3) is 0 Å². The van der Waals surface area contributed by atoms with E-state index in [4.69, 9.17) is 25.5 Å². The molecule has 5 rings (SSSR count). The van der Waals surface area contributed by atoms with Crippen molar-refractivity contribution in [1.29, 1.82) is 0 Å². The minimum Gasteiger partial charge on any atom is -0.487 e. The lowest BCUT2D eigenvalue weighted by Crippen LogP contribution is -2.28. The van der Waals surface area contributed by atoms with Crippen LogP contribution < -0.4 is 4.74 Å². The fourth-order valence-corrected chi connectivity index (χ4v) is 4.20. The predicted octanol–water partition coefficient (Wildman–Crippen LogP) is 5.81. The molecule has 0 saturated heterocycles. The second-order valence-corrected chi connectivity index (χ2v) is 7.41. The Morgan fingerprint density at radius 3 is 2.43 bits per heavy atom. The van der Waals surface area contributed by atoms with Crippen molar-refractivity contribution >= 4 is 11.6 Å². The number of ether oxygens (including phenoxy) is 2. The minimum absolute atomic E-state index is 0.260. The van der Waals surface area contributed by atoms with Crippen LogP contribution in [-0.2, 0) is 29.4 Å². The van der Waals surface area contributed by atoms with Crippen LogP contribution >= 0.6 is 11.6 Å². The molecular formula is C25H20ClNO3. The van der Waals surface area contributed by atoms with E-state index in [-0.39, 0.29) is 5.88 Å². The number of rotatable bonds is 6. The molecular weight excluding hydrogens is 398 g/mol. The summed E-state index contributed by atoms with van der Waals surface area (Å²) in [5, 5.41) is 0. The van der Waals surface area contributed by atoms with Gasteiger partial charge in [-0.05, 0) is 23.3 Å². The molecule has 2 aromatic carbocycles. The molecule has 4 aromatic rings. The maximum absolute atomic E-state index is 6.48. The molecule has 0 bridgehead atoms. The third-order valence-electron chi connectivity index (χ3n) is 5.42. The summed E-state index contributed by atoms with van der Waals surface area (Å²) in [4.78, 5) is 4.63. The summed E-state index contributed by atoms with van der Waals surface area (Å²) in [7, 11) is 0. The van der Waals surface area contributed by atoms with Gasteiger partial charge in [0, 0.05) is 17.3 Å². The number of alkyl halides is 1. The highest BCUT2D eigenvalue weighted by Gasteiger charge is 2.47. The Morgan fingerprint density at radius 1 is 0.967 bits per heavy atom. The second-order valence-electron chi connectivity index (χ2n) is 7.15. The quantitative estimate of drug-likeness (QED) is 0.371. The maximum atomic E-state index is 6.48. The van der Waals surface area contributed by atoms with Crippen LogP contribution in [0.2, 0.25) is 0 Å². The standard InChI is InChI=1S/C25H20ClNO3/c26-14-22-24(29-16-18-8-3-1-4-9-18)20-17-30-25(21(20)15-27-22,23-12-7-13-28-23)19-10-5-2-6-11-19/h1-13,15H,14,16-17H2. The van der Waals surface area contributed by atoms with Gasteiger partial charge in [0.2, 0.25) is 0 Å². The summed E-state index contributed by atoms with van der Waals surface area (Å²) in [5.41, 5.74) is 3.77. The van der Waals surface area contributed by atoms with E-state index in [2.05, 4.69) is 4.98 Å². The highest BCUT2D eigenvalue weighted by atomic mass is 35.5. The Labute approximate surface area is 180 Å². The van der Waals surface area contributed by atoms with Crippen molar-refractivity contribution in [2.75, 3.05) is 0 Å². The Morgan fingerprint density at radius 2 is 1.73 bits per heavy atom. The monoisotopic (exact) mass is 417 g/mol. The number of furan rings is 1. The molecule has 2 aromatic heterocycles. The Hall–Kier alpha value is -3.08. The zero-order valence-corrected chi connectivity index (χ0v) is 17.0. The summed E-state index contributed by atoms with van der Waals surface area (Å²) in [6.45, 7) is 0.809. The smallest absolute Gasteiger partial charge is 0.178 e. The fraction of sp³-hybridized carbons (Fsp3) is 0.160. The maximum Gasteiger partial charge on any atom is 0.178 e. The lowest BCUT2D eigenvalue weighted by Gasteiger charge is -2.28. The third-order valence-corrected chi connectivity index (χ3v) is 5.68. The van der Waals surface area contributed by atoms with Crippen LogP contribution in [0.3, 0.4) is 0 Å². The Balaban J connectivity index is 1.63. The lowest BCUT2D eigenvalue weighted by molar-refractivity contribution is 0.0106. The molecule has 0 aliphatic carbocycles. The van der Waals surface area contributed by atoms with E-state index in [1.54, 1.807) is 6.26 Å². The van der Waals surface area contributed by atoms with Crippen molar-refractivity contribution in [1.82, 2.24) is 4.98 Å². The first-order chi connectivity index (χ1) is 14.8. The average Bonchev–Trinajstić information content (AvgIpc) is 3.47. The highest BCUT2D eigenvalue weighted by molar-refractivity contribution is 6.17. The summed E-state index contributed by atoms with van der Waals surface area (Å²) in [6, 6.07) is 23.9. The van der Waals surface area contributed by atoms with Gasteiger partial charge >= 0.3 is 0 Å². The van der Waals surface area contributed by atoms with E-state index in [0.717, 1.165) is 22.3 Å². The van der Waals surface area contributed by atoms with Gasteiger partial charge < -0.3 is 13.9 Å². The molecule has 0 amide bonds. The topological polar surface area (TPSA) is 44.5 Å². The fourth-order valence-electron chi connectivity index (χ4n) is 4.01. The first-order valence-corrected chi connectivity index (χ1v) is 10.3. The van der Waals surface area contributed by atoms with Crippen molar-refractivity contribution in [3.63, 3.8) is 0 Å². The number of fused-ring (bicyclic) bond motifs is 1. The SMILES string of the molecule is ClCc1ncc2c(c1OCc1ccccc1)COC2(c1ccccc1)c1ccco1. The molecule has 150 valence electrons. The van der Waals surface area contributed by atoms with Gasteiger partial charge in [-0.1, -0.05) is 60.7 Å². The van der Waals surface area contributed by atoms with E-state index in [1.165, 1.54) is 0 Å². The number of hydrogen-bond acceptors (Lipinski definition) is 4. The van der Waals surface area contributed by atoms with E-state index in [0.29, 0.717) is 30.4 Å². The molecule has 30 heavy (non-hydrogen) atoms. The molecule has 0 radical (unpaired) electrons. The van der Waals surface area contributed by atoms with E-state index >= 15 is 0 Å². The van der Waals surface area contributed by atoms with E-state index in [9.17, 15) is 0 Å². The van der Waals surface area contributed by atoms with Crippen molar-refractivity contribution in [3.8, 4) is 5.75 Å². The molecule has 0 spiro atoms.